The van der Waals surface area contributed by atoms with Crippen LogP contribution in [-0.4, -0.2) is 10.9 Å². The monoisotopic (exact) mass is 127 g/mol. The van der Waals surface area contributed by atoms with Crippen molar-refractivity contribution in [2.45, 2.75) is 6.42 Å². The van der Waals surface area contributed by atoms with Gasteiger partial charge in [-0.05, 0) is 0 Å². The number of nitriles is 1. The van der Waals surface area contributed by atoms with Gasteiger partial charge in [-0.25, -0.2) is 0 Å². The van der Waals surface area contributed by atoms with E-state index in [0.717, 1.165) is 5.75 Å². The average molecular weight is 127 g/mol. The molecule has 0 saturated carbocycles. The van der Waals surface area contributed by atoms with Gasteiger partial charge in [0.1, 0.15) is 16.7 Å². The molecule has 0 amide bonds. The Balaban J connectivity index is 2.77. The van der Waals surface area contributed by atoms with Crippen LogP contribution in [-0.2, 0) is 0 Å². The van der Waals surface area contributed by atoms with E-state index >= 15 is 0 Å². The minimum Gasteiger partial charge on any atom is -0.510 e. The van der Waals surface area contributed by atoms with Gasteiger partial charge in [0, 0.05) is 12.2 Å². The van der Waals surface area contributed by atoms with Gasteiger partial charge in [0.15, 0.2) is 0 Å². The van der Waals surface area contributed by atoms with Gasteiger partial charge in [0.2, 0.25) is 0 Å². The van der Waals surface area contributed by atoms with Crippen LogP contribution in [0.1, 0.15) is 6.42 Å². The lowest BCUT2D eigenvalue weighted by Gasteiger charge is -1.82. The quantitative estimate of drug-likeness (QED) is 0.535. The summed E-state index contributed by atoms with van der Waals surface area (Å²) >= 11 is 1.42. The lowest BCUT2D eigenvalue weighted by atomic mass is 10.4. The molecule has 1 N–H and O–H groups in total. The summed E-state index contributed by atoms with van der Waals surface area (Å²) in [4.78, 5) is 0.491. The van der Waals surface area contributed by atoms with Gasteiger partial charge in [-0.1, -0.05) is 0 Å². The van der Waals surface area contributed by atoms with E-state index in [1.165, 1.54) is 11.8 Å². The maximum absolute atomic E-state index is 8.83. The fourth-order valence-corrected chi connectivity index (χ4v) is 1.38. The second-order valence-electron chi connectivity index (χ2n) is 1.49. The van der Waals surface area contributed by atoms with Crippen LogP contribution in [0.25, 0.3) is 0 Å². The molecule has 1 aliphatic heterocycles. The zero-order valence-electron chi connectivity index (χ0n) is 4.22. The van der Waals surface area contributed by atoms with Crippen molar-refractivity contribution in [2.24, 2.45) is 0 Å². The first-order chi connectivity index (χ1) is 3.84. The molecule has 3 heteroatoms. The Morgan fingerprint density at radius 2 is 2.50 bits per heavy atom. The van der Waals surface area contributed by atoms with Gasteiger partial charge in [-0.3, -0.25) is 0 Å². The number of aliphatic hydroxyl groups is 1. The van der Waals surface area contributed by atoms with Crippen molar-refractivity contribution in [3.63, 3.8) is 0 Å². The molecule has 0 aromatic carbocycles. The Morgan fingerprint density at radius 3 is 2.75 bits per heavy atom. The molecular formula is C5H5NOS. The van der Waals surface area contributed by atoms with Crippen LogP contribution < -0.4 is 0 Å². The molecule has 0 aromatic heterocycles. The zero-order valence-corrected chi connectivity index (χ0v) is 5.03. The first-order valence-electron chi connectivity index (χ1n) is 2.29. The number of nitrogens with zero attached hydrogens (tertiary/aromatic N) is 1. The molecule has 8 heavy (non-hydrogen) atoms. The third kappa shape index (κ3) is 0.797. The lowest BCUT2D eigenvalue weighted by Crippen LogP contribution is -1.74. The van der Waals surface area contributed by atoms with Crippen molar-refractivity contribution >= 4 is 11.8 Å². The molecule has 0 fully saturated rings. The van der Waals surface area contributed by atoms with Gasteiger partial charge in [0.25, 0.3) is 0 Å². The molecule has 0 aliphatic carbocycles. The Kier molecular flexibility index (Phi) is 1.45. The Hall–Kier alpha value is -0.620. The van der Waals surface area contributed by atoms with Crippen LogP contribution in [0.4, 0.5) is 0 Å². The molecule has 0 aromatic rings. The van der Waals surface area contributed by atoms with Gasteiger partial charge in [-0.15, -0.1) is 11.8 Å². The number of hydrogen-bond acceptors (Lipinski definition) is 3. The van der Waals surface area contributed by atoms with Gasteiger partial charge in [-0.2, -0.15) is 5.26 Å². The fraction of sp³-hybridized carbons (Fsp3) is 0.400. The molecule has 2 nitrogen and oxygen atoms in total. The molecule has 0 saturated heterocycles. The molecule has 0 unspecified atom stereocenters. The van der Waals surface area contributed by atoms with Crippen LogP contribution in [0, 0.1) is 11.3 Å². The summed E-state index contributed by atoms with van der Waals surface area (Å²) in [6, 6.07) is 1.91. The van der Waals surface area contributed by atoms with Crippen molar-refractivity contribution in [2.75, 3.05) is 5.75 Å². The highest BCUT2D eigenvalue weighted by atomic mass is 32.2. The number of aliphatic hydroxyl groups excluding tert-OH is 1. The molecule has 1 rings (SSSR count). The molecule has 1 aliphatic rings. The molecule has 0 atom stereocenters. The first-order valence-corrected chi connectivity index (χ1v) is 3.28. The number of allylic oxidation sites excluding steroid dienone is 2. The zero-order chi connectivity index (χ0) is 5.98. The Morgan fingerprint density at radius 1 is 1.75 bits per heavy atom. The van der Waals surface area contributed by atoms with E-state index in [1.54, 1.807) is 0 Å². The second-order valence-corrected chi connectivity index (χ2v) is 2.59. The molecule has 1 heterocycles. The molecule has 42 valence electrons. The molecule has 0 radical (unpaired) electrons. The minimum atomic E-state index is 0.262. The minimum absolute atomic E-state index is 0.262. The van der Waals surface area contributed by atoms with Crippen LogP contribution in [0.15, 0.2) is 10.7 Å². The van der Waals surface area contributed by atoms with E-state index in [0.29, 0.717) is 11.3 Å². The number of hydrogen-bond donors (Lipinski definition) is 1. The summed E-state index contributed by atoms with van der Waals surface area (Å²) < 4.78 is 0. The maximum atomic E-state index is 8.83. The van der Waals surface area contributed by atoms with Crippen molar-refractivity contribution < 1.29 is 5.11 Å². The van der Waals surface area contributed by atoms with Gasteiger partial charge in [0.05, 0.1) is 0 Å². The average Bonchev–Trinajstić information content (AvgIpc) is 2.14. The summed E-state index contributed by atoms with van der Waals surface area (Å²) in [6.07, 6.45) is 0.660. The highest BCUT2D eigenvalue weighted by Gasteiger charge is 2.12. The van der Waals surface area contributed by atoms with Gasteiger partial charge < -0.3 is 5.11 Å². The predicted molar refractivity (Wildman–Crippen MR) is 32.3 cm³/mol. The van der Waals surface area contributed by atoms with Crippen LogP contribution in [0.2, 0.25) is 0 Å². The summed E-state index contributed by atoms with van der Waals surface area (Å²) in [7, 11) is 0. The number of thioether (sulfide) groups is 1. The molecule has 0 spiro atoms. The SMILES string of the molecule is N#CC1=C(O)CCS1. The van der Waals surface area contributed by atoms with Crippen LogP contribution in [0.5, 0.6) is 0 Å². The largest absolute Gasteiger partial charge is 0.510 e. The van der Waals surface area contributed by atoms with Crippen molar-refractivity contribution in [3.8, 4) is 6.07 Å². The standard InChI is InChI=1S/C5H5NOS/c6-3-5-4(7)1-2-8-5/h7H,1-2H2. The third-order valence-electron chi connectivity index (χ3n) is 0.949. The van der Waals surface area contributed by atoms with E-state index in [4.69, 9.17) is 10.4 Å². The van der Waals surface area contributed by atoms with E-state index in [1.807, 2.05) is 6.07 Å². The highest BCUT2D eigenvalue weighted by molar-refractivity contribution is 8.03. The number of rotatable bonds is 0. The van der Waals surface area contributed by atoms with Crippen LogP contribution in [0.3, 0.4) is 0 Å². The van der Waals surface area contributed by atoms with Crippen molar-refractivity contribution in [1.29, 1.82) is 5.26 Å². The highest BCUT2D eigenvalue weighted by Crippen LogP contribution is 2.28. The first kappa shape index (κ1) is 5.52. The predicted octanol–water partition coefficient (Wildman–Crippen LogP) is 1.42. The summed E-state index contributed by atoms with van der Waals surface area (Å²) in [6.45, 7) is 0. The molecular weight excluding hydrogens is 122 g/mol. The Bertz CT molecular complexity index is 168. The van der Waals surface area contributed by atoms with E-state index in [9.17, 15) is 0 Å². The lowest BCUT2D eigenvalue weighted by molar-refractivity contribution is 0.398. The Labute approximate surface area is 51.8 Å². The normalized spacial score (nSPS) is 18.9. The second kappa shape index (κ2) is 2.10. The van der Waals surface area contributed by atoms with Crippen molar-refractivity contribution in [3.05, 3.63) is 10.7 Å². The summed E-state index contributed by atoms with van der Waals surface area (Å²) in [5, 5.41) is 17.1. The summed E-state index contributed by atoms with van der Waals surface area (Å²) in [5.41, 5.74) is 0. The van der Waals surface area contributed by atoms with E-state index < -0.39 is 0 Å². The van der Waals surface area contributed by atoms with Gasteiger partial charge >= 0.3 is 0 Å². The smallest absolute Gasteiger partial charge is 0.122 e. The van der Waals surface area contributed by atoms with E-state index in [-0.39, 0.29) is 5.76 Å². The fourth-order valence-electron chi connectivity index (χ4n) is 0.543. The van der Waals surface area contributed by atoms with Crippen molar-refractivity contribution in [1.82, 2.24) is 0 Å². The van der Waals surface area contributed by atoms with Crippen LogP contribution >= 0.6 is 11.8 Å². The maximum Gasteiger partial charge on any atom is 0.122 e. The topological polar surface area (TPSA) is 44.0 Å². The molecule has 0 bridgehead atoms. The van der Waals surface area contributed by atoms with E-state index in [2.05, 4.69) is 0 Å². The summed E-state index contributed by atoms with van der Waals surface area (Å²) in [5.74, 6) is 1.12. The third-order valence-corrected chi connectivity index (χ3v) is 1.97.